The Kier molecular flexibility index (Phi) is 4.79. The minimum absolute atomic E-state index is 0.189. The van der Waals surface area contributed by atoms with Crippen LogP contribution in [0.4, 0.5) is 4.79 Å². The Hall–Kier alpha value is -2.83. The van der Waals surface area contributed by atoms with Crippen molar-refractivity contribution in [2.45, 2.75) is 25.8 Å². The Morgan fingerprint density at radius 2 is 2.21 bits per heavy atom. The number of H-pyrrole nitrogens is 1. The number of carbonyl (C=O) groups is 1. The topological polar surface area (TPSA) is 87.6 Å². The van der Waals surface area contributed by atoms with Crippen LogP contribution in [0.5, 0.6) is 0 Å². The molecule has 0 radical (unpaired) electrons. The van der Waals surface area contributed by atoms with Crippen LogP contribution < -0.4 is 10.6 Å². The zero-order chi connectivity index (χ0) is 16.9. The van der Waals surface area contributed by atoms with Crippen LogP contribution in [0.2, 0.25) is 0 Å². The van der Waals surface area contributed by atoms with Crippen molar-refractivity contribution in [1.29, 1.82) is 0 Å². The second-order valence-electron chi connectivity index (χ2n) is 5.89. The molecule has 1 atom stereocenters. The van der Waals surface area contributed by atoms with E-state index < -0.39 is 0 Å². The van der Waals surface area contributed by atoms with Crippen molar-refractivity contribution >= 4 is 16.9 Å². The van der Waals surface area contributed by atoms with Gasteiger partial charge in [-0.25, -0.2) is 4.79 Å². The number of para-hydroxylation sites is 1. The van der Waals surface area contributed by atoms with Gasteiger partial charge in [-0.2, -0.15) is 0 Å². The molecule has 2 amide bonds. The number of hydrogen-bond donors (Lipinski definition) is 3. The summed E-state index contributed by atoms with van der Waals surface area (Å²) in [5.74, 6) is 0.726. The van der Waals surface area contributed by atoms with Crippen LogP contribution in [0.25, 0.3) is 10.9 Å². The van der Waals surface area contributed by atoms with Gasteiger partial charge in [0.1, 0.15) is 6.33 Å². The van der Waals surface area contributed by atoms with Gasteiger partial charge in [0.25, 0.3) is 0 Å². The van der Waals surface area contributed by atoms with Crippen molar-refractivity contribution in [3.05, 3.63) is 48.2 Å². The van der Waals surface area contributed by atoms with Crippen LogP contribution in [-0.2, 0) is 13.5 Å². The van der Waals surface area contributed by atoms with Crippen molar-refractivity contribution in [3.63, 3.8) is 0 Å². The molecule has 0 saturated heterocycles. The lowest BCUT2D eigenvalue weighted by Gasteiger charge is -2.13. The van der Waals surface area contributed by atoms with E-state index in [2.05, 4.69) is 37.9 Å². The number of carbonyl (C=O) groups excluding carboxylic acids is 1. The fourth-order valence-corrected chi connectivity index (χ4v) is 2.82. The first-order valence-electron chi connectivity index (χ1n) is 8.08. The van der Waals surface area contributed by atoms with Crippen LogP contribution in [0.1, 0.15) is 30.8 Å². The van der Waals surface area contributed by atoms with Gasteiger partial charge in [-0.05, 0) is 31.4 Å². The average Bonchev–Trinajstić information content (AvgIpc) is 3.18. The van der Waals surface area contributed by atoms with Crippen LogP contribution in [0, 0.1) is 0 Å². The molecule has 3 aromatic rings. The van der Waals surface area contributed by atoms with Gasteiger partial charge < -0.3 is 20.2 Å². The molecule has 0 aliphatic rings. The number of urea groups is 1. The van der Waals surface area contributed by atoms with Gasteiger partial charge in [-0.1, -0.05) is 18.2 Å². The third kappa shape index (κ3) is 3.56. The summed E-state index contributed by atoms with van der Waals surface area (Å²) in [5, 5.41) is 14.8. The molecule has 1 aromatic carbocycles. The minimum Gasteiger partial charge on any atom is -0.361 e. The van der Waals surface area contributed by atoms with Gasteiger partial charge in [0.05, 0.1) is 6.04 Å². The zero-order valence-electron chi connectivity index (χ0n) is 13.9. The number of fused-ring (bicyclic) bond motifs is 1. The Balaban J connectivity index is 1.43. The van der Waals surface area contributed by atoms with Crippen molar-refractivity contribution in [3.8, 4) is 0 Å². The third-order valence-electron chi connectivity index (χ3n) is 4.06. The van der Waals surface area contributed by atoms with Gasteiger partial charge in [-0.3, -0.25) is 0 Å². The maximum absolute atomic E-state index is 11.9. The van der Waals surface area contributed by atoms with Crippen LogP contribution in [-0.4, -0.2) is 32.3 Å². The average molecular weight is 326 g/mol. The largest absolute Gasteiger partial charge is 0.361 e. The van der Waals surface area contributed by atoms with Gasteiger partial charge >= 0.3 is 6.03 Å². The lowest BCUT2D eigenvalue weighted by atomic mass is 10.1. The minimum atomic E-state index is -0.190. The van der Waals surface area contributed by atoms with Crippen LogP contribution >= 0.6 is 0 Å². The summed E-state index contributed by atoms with van der Waals surface area (Å²) in [7, 11) is 1.85. The standard InChI is InChI=1S/C17H22N6O/c1-12(16-22-20-11-23(16)2)21-17(24)18-9-5-6-13-10-19-15-8-4-3-7-14(13)15/h3-4,7-8,10-12,19H,5-6,9H2,1-2H3,(H2,18,21,24). The predicted molar refractivity (Wildman–Crippen MR) is 92.6 cm³/mol. The van der Waals surface area contributed by atoms with E-state index in [4.69, 9.17) is 0 Å². The molecule has 2 aromatic heterocycles. The number of aryl methyl sites for hydroxylation is 2. The second kappa shape index (κ2) is 7.16. The number of rotatable bonds is 6. The lowest BCUT2D eigenvalue weighted by Crippen LogP contribution is -2.38. The molecule has 0 bridgehead atoms. The Bertz CT molecular complexity index is 821. The number of aromatic nitrogens is 4. The molecule has 0 aliphatic heterocycles. The molecule has 0 spiro atoms. The summed E-state index contributed by atoms with van der Waals surface area (Å²) in [6.07, 6.45) is 5.46. The van der Waals surface area contributed by atoms with Gasteiger partial charge in [0, 0.05) is 30.7 Å². The van der Waals surface area contributed by atoms with Crippen molar-refractivity contribution in [2.24, 2.45) is 7.05 Å². The molecule has 0 saturated carbocycles. The molecule has 7 heteroatoms. The number of nitrogens with one attached hydrogen (secondary N) is 3. The smallest absolute Gasteiger partial charge is 0.315 e. The van der Waals surface area contributed by atoms with E-state index in [1.807, 2.05) is 32.3 Å². The molecular weight excluding hydrogens is 304 g/mol. The van der Waals surface area contributed by atoms with Gasteiger partial charge in [0.15, 0.2) is 5.82 Å². The highest BCUT2D eigenvalue weighted by Crippen LogP contribution is 2.18. The van der Waals surface area contributed by atoms with E-state index in [0.29, 0.717) is 6.54 Å². The lowest BCUT2D eigenvalue weighted by molar-refractivity contribution is 0.237. The first-order chi connectivity index (χ1) is 11.6. The Labute approximate surface area is 140 Å². The fraction of sp³-hybridized carbons (Fsp3) is 0.353. The number of aromatic amines is 1. The van der Waals surface area contributed by atoms with Crippen molar-refractivity contribution in [1.82, 2.24) is 30.4 Å². The quantitative estimate of drug-likeness (QED) is 0.607. The highest BCUT2D eigenvalue weighted by atomic mass is 16.2. The van der Waals surface area contributed by atoms with E-state index in [1.165, 1.54) is 10.9 Å². The Morgan fingerprint density at radius 3 is 3.00 bits per heavy atom. The third-order valence-corrected chi connectivity index (χ3v) is 4.06. The molecule has 0 aliphatic carbocycles. The first kappa shape index (κ1) is 16.0. The highest BCUT2D eigenvalue weighted by Gasteiger charge is 2.13. The summed E-state index contributed by atoms with van der Waals surface area (Å²) in [4.78, 5) is 15.2. The first-order valence-corrected chi connectivity index (χ1v) is 8.08. The molecule has 126 valence electrons. The summed E-state index contributed by atoms with van der Waals surface area (Å²) in [6, 6.07) is 7.87. The molecule has 24 heavy (non-hydrogen) atoms. The molecule has 0 fully saturated rings. The molecule has 3 N–H and O–H groups in total. The highest BCUT2D eigenvalue weighted by molar-refractivity contribution is 5.83. The number of nitrogens with zero attached hydrogens (tertiary/aromatic N) is 3. The molecule has 3 rings (SSSR count). The molecule has 1 unspecified atom stereocenters. The molecule has 2 heterocycles. The number of benzene rings is 1. The number of amides is 2. The monoisotopic (exact) mass is 326 g/mol. The van der Waals surface area contributed by atoms with Gasteiger partial charge in [0.2, 0.25) is 0 Å². The van der Waals surface area contributed by atoms with Crippen LogP contribution in [0.15, 0.2) is 36.8 Å². The van der Waals surface area contributed by atoms with E-state index in [0.717, 1.165) is 24.2 Å². The number of hydrogen-bond acceptors (Lipinski definition) is 3. The van der Waals surface area contributed by atoms with Gasteiger partial charge in [-0.15, -0.1) is 10.2 Å². The molecule has 7 nitrogen and oxygen atoms in total. The van der Waals surface area contributed by atoms with Crippen LogP contribution in [0.3, 0.4) is 0 Å². The van der Waals surface area contributed by atoms with E-state index in [-0.39, 0.29) is 12.1 Å². The van der Waals surface area contributed by atoms with E-state index >= 15 is 0 Å². The maximum atomic E-state index is 11.9. The maximum Gasteiger partial charge on any atom is 0.315 e. The summed E-state index contributed by atoms with van der Waals surface area (Å²) in [5.41, 5.74) is 2.43. The van der Waals surface area contributed by atoms with Crippen molar-refractivity contribution < 1.29 is 4.79 Å². The van der Waals surface area contributed by atoms with E-state index in [9.17, 15) is 4.79 Å². The van der Waals surface area contributed by atoms with Crippen molar-refractivity contribution in [2.75, 3.05) is 6.54 Å². The summed E-state index contributed by atoms with van der Waals surface area (Å²) in [6.45, 7) is 2.51. The SMILES string of the molecule is CC(NC(=O)NCCCc1c[nH]c2ccccc12)c1nncn1C. The second-order valence-corrected chi connectivity index (χ2v) is 5.89. The predicted octanol–water partition coefficient (Wildman–Crippen LogP) is 2.29. The Morgan fingerprint density at radius 1 is 1.38 bits per heavy atom. The fourth-order valence-electron chi connectivity index (χ4n) is 2.82. The molecular formula is C17H22N6O. The van der Waals surface area contributed by atoms with E-state index in [1.54, 1.807) is 10.9 Å². The summed E-state index contributed by atoms with van der Waals surface area (Å²) < 4.78 is 1.79. The zero-order valence-corrected chi connectivity index (χ0v) is 13.9. The normalized spacial score (nSPS) is 12.2. The summed E-state index contributed by atoms with van der Waals surface area (Å²) >= 11 is 0.